The van der Waals surface area contributed by atoms with Crippen LogP contribution in [0.15, 0.2) is 36.5 Å². The van der Waals surface area contributed by atoms with Gasteiger partial charge in [0.2, 0.25) is 11.2 Å². The van der Waals surface area contributed by atoms with Gasteiger partial charge in [-0.05, 0) is 17.2 Å². The first kappa shape index (κ1) is 42.7. The molecule has 1 aliphatic rings. The monoisotopic (exact) mass is 804 g/mol. The first-order valence-electron chi connectivity index (χ1n) is 16.4. The summed E-state index contributed by atoms with van der Waals surface area (Å²) in [5, 5.41) is 18.2. The molecule has 0 radical (unpaired) electrons. The number of carbonyl (C=O) groups is 1. The minimum atomic E-state index is -4.82. The molecule has 22 heteroatoms. The zero-order valence-corrected chi connectivity index (χ0v) is 31.2. The predicted molar refractivity (Wildman–Crippen MR) is 190 cm³/mol. The largest absolute Gasteiger partial charge is 0.388 e. The lowest BCUT2D eigenvalue weighted by Crippen LogP contribution is -2.39. The van der Waals surface area contributed by atoms with E-state index in [9.17, 15) is 23.9 Å². The third-order valence-electron chi connectivity index (χ3n) is 7.36. The Labute approximate surface area is 310 Å². The van der Waals surface area contributed by atoms with Crippen LogP contribution in [0.5, 0.6) is 0 Å². The quantitative estimate of drug-likeness (QED) is 0.0371. The highest BCUT2D eigenvalue weighted by Gasteiger charge is 2.39. The van der Waals surface area contributed by atoms with Crippen LogP contribution in [0, 0.1) is 12.3 Å². The van der Waals surface area contributed by atoms with Crippen molar-refractivity contribution >= 4 is 49.6 Å². The van der Waals surface area contributed by atoms with Crippen molar-refractivity contribution in [2.45, 2.75) is 31.4 Å². The van der Waals surface area contributed by atoms with Crippen molar-refractivity contribution in [3.8, 4) is 12.3 Å². The molecule has 0 aliphatic carbocycles. The van der Waals surface area contributed by atoms with Gasteiger partial charge in [-0.15, -0.1) is 6.42 Å². The number of anilines is 1. The maximum absolute atomic E-state index is 13.2. The molecule has 19 nitrogen and oxygen atoms in total. The minimum Gasteiger partial charge on any atom is -0.388 e. The van der Waals surface area contributed by atoms with Crippen LogP contribution >= 0.6 is 26.8 Å². The van der Waals surface area contributed by atoms with E-state index >= 15 is 0 Å². The number of aliphatic hydroxyl groups is 1. The smallest absolute Gasteiger partial charge is 0.340 e. The van der Waals surface area contributed by atoms with Gasteiger partial charge in [-0.3, -0.25) is 13.9 Å². The molecule has 4 rings (SSSR count). The number of hydrogen-bond donors (Lipinski definition) is 5. The summed E-state index contributed by atoms with van der Waals surface area (Å²) >= 11 is 6.38. The highest BCUT2D eigenvalue weighted by molar-refractivity contribution is 7.70. The van der Waals surface area contributed by atoms with Crippen LogP contribution in [0.3, 0.4) is 0 Å². The van der Waals surface area contributed by atoms with Gasteiger partial charge in [-0.25, -0.2) is 4.68 Å². The maximum Gasteiger partial charge on any atom is 0.340 e. The maximum atomic E-state index is 13.2. The van der Waals surface area contributed by atoms with E-state index in [4.69, 9.17) is 56.0 Å². The van der Waals surface area contributed by atoms with Crippen molar-refractivity contribution in [3.63, 3.8) is 0 Å². The molecule has 0 saturated carbocycles. The fraction of sp³-hybridized carbons (Fsp3) is 0.548. The normalized spacial score (nSPS) is 18.5. The third kappa shape index (κ3) is 14.6. The number of terminal acetylenes is 1. The van der Waals surface area contributed by atoms with Crippen LogP contribution in [-0.2, 0) is 48.7 Å². The molecule has 1 saturated heterocycles. The number of aliphatic hydroxyl groups excluding tert-OH is 1. The van der Waals surface area contributed by atoms with Crippen LogP contribution in [0.4, 0.5) is 5.82 Å². The van der Waals surface area contributed by atoms with Gasteiger partial charge in [-0.2, -0.15) is 15.1 Å². The van der Waals surface area contributed by atoms with Crippen LogP contribution in [-0.4, -0.2) is 136 Å². The van der Waals surface area contributed by atoms with Crippen molar-refractivity contribution in [3.05, 3.63) is 47.4 Å². The summed E-state index contributed by atoms with van der Waals surface area (Å²) in [6.45, 7) is 2.68. The van der Waals surface area contributed by atoms with Crippen molar-refractivity contribution in [2.24, 2.45) is 0 Å². The fourth-order valence-corrected chi connectivity index (χ4v) is 7.88. The van der Waals surface area contributed by atoms with E-state index in [1.165, 1.54) is 10.9 Å². The summed E-state index contributed by atoms with van der Waals surface area (Å²) in [5.74, 6) is 0.983. The first-order valence-corrected chi connectivity index (χ1v) is 20.3. The Kier molecular flexibility index (Phi) is 17.0. The second-order valence-electron chi connectivity index (χ2n) is 11.6. The second-order valence-corrected chi connectivity index (χ2v) is 16.0. The topological polar surface area (TPSA) is 246 Å². The van der Waals surface area contributed by atoms with Gasteiger partial charge in [0.15, 0.2) is 17.8 Å². The SMILES string of the molecule is C#CCOCCOCCOCCOCCNC(=O)CN(Cc1ccccc1)c1nc(Cl)nc2c1cnn2[C@@H]1O[C@H](COP(=O)(O)CP(=O)(O)O)C[C@H]1O. The fourth-order valence-electron chi connectivity index (χ4n) is 5.13. The lowest BCUT2D eigenvalue weighted by atomic mass is 10.2. The summed E-state index contributed by atoms with van der Waals surface area (Å²) < 4.78 is 56.7. The molecule has 3 aromatic rings. The van der Waals surface area contributed by atoms with Gasteiger partial charge in [0.1, 0.15) is 18.5 Å². The Morgan fingerprint density at radius 2 is 1.70 bits per heavy atom. The van der Waals surface area contributed by atoms with E-state index < -0.39 is 46.1 Å². The summed E-state index contributed by atoms with van der Waals surface area (Å²) in [6, 6.07) is 9.37. The number of hydrogen-bond acceptors (Lipinski definition) is 14. The van der Waals surface area contributed by atoms with Crippen molar-refractivity contribution in [1.82, 2.24) is 25.1 Å². The Morgan fingerprint density at radius 1 is 1.04 bits per heavy atom. The molecule has 3 heterocycles. The van der Waals surface area contributed by atoms with Gasteiger partial charge in [0.25, 0.3) is 0 Å². The molecule has 1 unspecified atom stereocenters. The Morgan fingerprint density at radius 3 is 2.36 bits per heavy atom. The first-order chi connectivity index (χ1) is 25.3. The number of nitrogens with zero attached hydrogens (tertiary/aromatic N) is 5. The van der Waals surface area contributed by atoms with E-state index in [1.807, 2.05) is 30.3 Å². The van der Waals surface area contributed by atoms with E-state index in [1.54, 1.807) is 4.90 Å². The van der Waals surface area contributed by atoms with Crippen LogP contribution in [0.2, 0.25) is 5.28 Å². The predicted octanol–water partition coefficient (Wildman–Crippen LogP) is 1.29. The molecule has 1 fully saturated rings. The summed E-state index contributed by atoms with van der Waals surface area (Å²) in [4.78, 5) is 51.5. The molecule has 1 amide bonds. The molecular formula is C31H43ClN6O13P2. The van der Waals surface area contributed by atoms with Gasteiger partial charge in [-0.1, -0.05) is 36.3 Å². The van der Waals surface area contributed by atoms with Gasteiger partial charge in [0, 0.05) is 19.5 Å². The number of rotatable bonds is 24. The lowest BCUT2D eigenvalue weighted by Gasteiger charge is -2.24. The number of amides is 1. The molecule has 4 atom stereocenters. The zero-order chi connectivity index (χ0) is 38.3. The van der Waals surface area contributed by atoms with Crippen LogP contribution in [0.1, 0.15) is 18.2 Å². The zero-order valence-electron chi connectivity index (χ0n) is 28.6. The van der Waals surface area contributed by atoms with Crippen molar-refractivity contribution in [2.75, 3.05) is 83.4 Å². The lowest BCUT2D eigenvalue weighted by molar-refractivity contribution is -0.120. The molecule has 292 valence electrons. The molecule has 0 bridgehead atoms. The van der Waals surface area contributed by atoms with Gasteiger partial charge >= 0.3 is 15.2 Å². The molecule has 0 spiro atoms. The number of fused-ring (bicyclic) bond motifs is 1. The summed E-state index contributed by atoms with van der Waals surface area (Å²) in [7, 11) is -9.46. The van der Waals surface area contributed by atoms with E-state index in [2.05, 4.69) is 26.3 Å². The standard InChI is InChI=1S/C31H43ClN6O13P2/c1-2-9-46-11-13-48-15-16-49-14-12-47-10-8-33-27(40)20-37(19-23-6-4-3-5-7-23)28-25-18-34-38(29(25)36-31(32)35-28)30-26(39)17-24(51-30)21-50-53(44,45)22-52(41,42)43/h1,3-7,18,24,26,30,39H,8-17,19-22H2,(H,33,40)(H,44,45)(H2,41,42,43)/t24-,26+,30+/m0/s1. The van der Waals surface area contributed by atoms with E-state index in [0.717, 1.165) is 5.56 Å². The van der Waals surface area contributed by atoms with E-state index in [0.29, 0.717) is 45.0 Å². The summed E-state index contributed by atoms with van der Waals surface area (Å²) in [5.41, 5.74) is 1.05. The highest BCUT2D eigenvalue weighted by atomic mass is 35.5. The average Bonchev–Trinajstić information content (AvgIpc) is 3.68. The van der Waals surface area contributed by atoms with E-state index in [-0.39, 0.29) is 61.9 Å². The molecule has 1 aromatic carbocycles. The molecule has 1 aliphatic heterocycles. The number of benzene rings is 1. The van der Waals surface area contributed by atoms with Crippen LogP contribution < -0.4 is 10.2 Å². The Bertz CT molecular complexity index is 1740. The number of halogens is 1. The second kappa shape index (κ2) is 21.1. The Hall–Kier alpha value is -3.05. The number of carbonyl (C=O) groups excluding carboxylic acids is 1. The highest BCUT2D eigenvalue weighted by Crippen LogP contribution is 2.55. The Balaban J connectivity index is 1.34. The third-order valence-corrected chi connectivity index (χ3v) is 11.0. The van der Waals surface area contributed by atoms with Gasteiger partial charge in [0.05, 0.1) is 77.1 Å². The van der Waals surface area contributed by atoms with Crippen LogP contribution in [0.25, 0.3) is 11.0 Å². The summed E-state index contributed by atoms with van der Waals surface area (Å²) in [6.07, 6.45) is 3.27. The van der Waals surface area contributed by atoms with Gasteiger partial charge < -0.3 is 58.2 Å². The number of nitrogens with one attached hydrogen (secondary N) is 1. The average molecular weight is 805 g/mol. The molecule has 5 N–H and O–H groups in total. The number of ether oxygens (including phenoxy) is 5. The molecular weight excluding hydrogens is 762 g/mol. The number of aromatic nitrogens is 4. The van der Waals surface area contributed by atoms with Crippen molar-refractivity contribution < 1.29 is 61.9 Å². The minimum absolute atomic E-state index is 0.0511. The molecule has 53 heavy (non-hydrogen) atoms. The molecule has 2 aromatic heterocycles. The van der Waals surface area contributed by atoms with Crippen molar-refractivity contribution in [1.29, 1.82) is 0 Å².